The molecule has 0 fully saturated rings. The van der Waals surface area contributed by atoms with E-state index >= 15 is 0 Å². The SMILES string of the molecule is FCC(F)C[Si](Cl)(Cl)CC(F)CF. The van der Waals surface area contributed by atoms with Crippen LogP contribution in [0, 0.1) is 0 Å². The van der Waals surface area contributed by atoms with E-state index in [0.717, 1.165) is 0 Å². The Bertz CT molecular complexity index is 133. The van der Waals surface area contributed by atoms with E-state index in [4.69, 9.17) is 22.2 Å². The zero-order valence-electron chi connectivity index (χ0n) is 6.75. The molecule has 0 bridgehead atoms. The summed E-state index contributed by atoms with van der Waals surface area (Å²) in [5, 5.41) is 0. The van der Waals surface area contributed by atoms with Crippen molar-refractivity contribution in [2.24, 2.45) is 0 Å². The first-order chi connectivity index (χ1) is 5.91. The van der Waals surface area contributed by atoms with Crippen molar-refractivity contribution in [3.8, 4) is 0 Å². The Morgan fingerprint density at radius 3 is 1.46 bits per heavy atom. The van der Waals surface area contributed by atoms with Crippen LogP contribution < -0.4 is 0 Å². The third kappa shape index (κ3) is 6.57. The van der Waals surface area contributed by atoms with Gasteiger partial charge in [-0.1, -0.05) is 0 Å². The van der Waals surface area contributed by atoms with Crippen molar-refractivity contribution in [2.45, 2.75) is 24.4 Å². The predicted molar refractivity (Wildman–Crippen MR) is 48.8 cm³/mol. The Hall–Kier alpha value is 0.517. The zero-order valence-corrected chi connectivity index (χ0v) is 9.26. The first kappa shape index (κ1) is 13.5. The van der Waals surface area contributed by atoms with Gasteiger partial charge in [-0.05, 0) is 0 Å². The number of rotatable bonds is 6. The van der Waals surface area contributed by atoms with Gasteiger partial charge in [-0.2, -0.15) is 0 Å². The molecule has 7 heteroatoms. The fraction of sp³-hybridized carbons (Fsp3) is 1.00. The molecule has 0 saturated heterocycles. The Morgan fingerprint density at radius 2 is 1.23 bits per heavy atom. The van der Waals surface area contributed by atoms with Crippen LogP contribution >= 0.6 is 22.2 Å². The molecule has 0 aliphatic rings. The summed E-state index contributed by atoms with van der Waals surface area (Å²) in [5.74, 6) is 0. The van der Waals surface area contributed by atoms with Crippen LogP contribution in [0.3, 0.4) is 0 Å². The molecule has 0 spiro atoms. The highest BCUT2D eigenvalue weighted by molar-refractivity contribution is 7.45. The fourth-order valence-electron chi connectivity index (χ4n) is 0.841. The smallest absolute Gasteiger partial charge is 0.248 e. The summed E-state index contributed by atoms with van der Waals surface area (Å²) in [5.41, 5.74) is 0. The molecule has 0 rings (SSSR count). The highest BCUT2D eigenvalue weighted by atomic mass is 35.7. The van der Waals surface area contributed by atoms with Crippen LogP contribution in [0.5, 0.6) is 0 Å². The summed E-state index contributed by atoms with van der Waals surface area (Å²) in [7, 11) is 0. The molecule has 2 unspecified atom stereocenters. The molecule has 2 atom stereocenters. The largest absolute Gasteiger partial charge is 0.257 e. The van der Waals surface area contributed by atoms with E-state index in [9.17, 15) is 17.6 Å². The summed E-state index contributed by atoms with van der Waals surface area (Å²) in [6, 6.07) is -0.792. The zero-order chi connectivity index (χ0) is 10.5. The van der Waals surface area contributed by atoms with Crippen molar-refractivity contribution in [2.75, 3.05) is 13.3 Å². The second-order valence-electron chi connectivity index (χ2n) is 2.77. The summed E-state index contributed by atoms with van der Waals surface area (Å²) < 4.78 is 48.3. The number of hydrogen-bond acceptors (Lipinski definition) is 0. The first-order valence-corrected chi connectivity index (χ1v) is 8.13. The molecule has 0 radical (unpaired) electrons. The summed E-state index contributed by atoms with van der Waals surface area (Å²) in [6.45, 7) is -5.54. The van der Waals surface area contributed by atoms with Gasteiger partial charge in [-0.25, -0.2) is 17.6 Å². The van der Waals surface area contributed by atoms with Gasteiger partial charge in [0.15, 0.2) is 0 Å². The van der Waals surface area contributed by atoms with E-state index in [0.29, 0.717) is 0 Å². The van der Waals surface area contributed by atoms with E-state index < -0.39 is 44.5 Å². The quantitative estimate of drug-likeness (QED) is 0.388. The number of alkyl halides is 4. The molecule has 0 saturated carbocycles. The average Bonchev–Trinajstić information content (AvgIpc) is 2.02. The second-order valence-corrected chi connectivity index (χ2v) is 10.2. The maximum Gasteiger partial charge on any atom is 0.257 e. The maximum absolute atomic E-state index is 12.5. The molecule has 0 N–H and O–H groups in total. The minimum Gasteiger partial charge on any atom is -0.248 e. The highest BCUT2D eigenvalue weighted by Gasteiger charge is 2.35. The van der Waals surface area contributed by atoms with Crippen molar-refractivity contribution in [3.05, 3.63) is 0 Å². The molecule has 0 aromatic rings. The molecule has 0 aliphatic carbocycles. The van der Waals surface area contributed by atoms with Crippen LogP contribution in [-0.2, 0) is 0 Å². The monoisotopic (exact) mass is 256 g/mol. The minimum atomic E-state index is -3.16. The summed E-state index contributed by atoms with van der Waals surface area (Å²) in [6.07, 6.45) is -3.54. The lowest BCUT2D eigenvalue weighted by atomic mass is 10.5. The molecule has 0 heterocycles. The molecule has 0 aliphatic heterocycles. The highest BCUT2D eigenvalue weighted by Crippen LogP contribution is 2.30. The van der Waals surface area contributed by atoms with Crippen molar-refractivity contribution >= 4 is 28.9 Å². The van der Waals surface area contributed by atoms with Crippen LogP contribution in [0.1, 0.15) is 0 Å². The average molecular weight is 257 g/mol. The van der Waals surface area contributed by atoms with Gasteiger partial charge in [-0.3, -0.25) is 0 Å². The summed E-state index contributed by atoms with van der Waals surface area (Å²) in [4.78, 5) is 0. The maximum atomic E-state index is 12.5. The molecule has 0 amide bonds. The molecule has 80 valence electrons. The van der Waals surface area contributed by atoms with Gasteiger partial charge in [0, 0.05) is 12.1 Å². The van der Waals surface area contributed by atoms with Gasteiger partial charge in [0.1, 0.15) is 25.7 Å². The summed E-state index contributed by atoms with van der Waals surface area (Å²) >= 11 is 11.1. The first-order valence-electron chi connectivity index (χ1n) is 3.69. The van der Waals surface area contributed by atoms with Gasteiger partial charge < -0.3 is 0 Å². The van der Waals surface area contributed by atoms with Gasteiger partial charge >= 0.3 is 0 Å². The lowest BCUT2D eigenvalue weighted by molar-refractivity contribution is 0.271. The van der Waals surface area contributed by atoms with Gasteiger partial charge in [0.2, 0.25) is 0 Å². The van der Waals surface area contributed by atoms with Crippen LogP contribution in [-0.4, -0.2) is 32.4 Å². The standard InChI is InChI=1S/C6H10Cl2F4Si/c7-13(8,3-5(11)1-9)4-6(12)2-10/h5-6H,1-4H2. The van der Waals surface area contributed by atoms with Crippen LogP contribution in [0.25, 0.3) is 0 Å². The van der Waals surface area contributed by atoms with Crippen molar-refractivity contribution < 1.29 is 17.6 Å². The predicted octanol–water partition coefficient (Wildman–Crippen LogP) is 3.52. The van der Waals surface area contributed by atoms with Crippen molar-refractivity contribution in [1.82, 2.24) is 0 Å². The van der Waals surface area contributed by atoms with Crippen LogP contribution in [0.2, 0.25) is 12.1 Å². The number of hydrogen-bond donors (Lipinski definition) is 0. The molecule has 0 aromatic carbocycles. The van der Waals surface area contributed by atoms with Crippen molar-refractivity contribution in [1.29, 1.82) is 0 Å². The molecule has 13 heavy (non-hydrogen) atoms. The van der Waals surface area contributed by atoms with Gasteiger partial charge in [0.25, 0.3) is 6.69 Å². The minimum absolute atomic E-state index is 0.396. The third-order valence-corrected chi connectivity index (χ3v) is 5.31. The van der Waals surface area contributed by atoms with Crippen LogP contribution in [0.15, 0.2) is 0 Å². The van der Waals surface area contributed by atoms with Crippen LogP contribution in [0.4, 0.5) is 17.6 Å². The fourth-order valence-corrected chi connectivity index (χ4v) is 4.53. The number of halogens is 6. The third-order valence-electron chi connectivity index (χ3n) is 1.38. The molecule has 0 nitrogen and oxygen atoms in total. The molecular formula is C6H10Cl2F4Si. The van der Waals surface area contributed by atoms with E-state index in [2.05, 4.69) is 0 Å². The Labute approximate surface area is 84.6 Å². The van der Waals surface area contributed by atoms with Gasteiger partial charge in [0.05, 0.1) is 0 Å². The van der Waals surface area contributed by atoms with E-state index in [1.807, 2.05) is 0 Å². The van der Waals surface area contributed by atoms with Gasteiger partial charge in [-0.15, -0.1) is 22.2 Å². The lowest BCUT2D eigenvalue weighted by Gasteiger charge is -2.18. The second kappa shape index (κ2) is 6.09. The topological polar surface area (TPSA) is 0 Å². The molecule has 0 aromatic heterocycles. The lowest BCUT2D eigenvalue weighted by Crippen LogP contribution is -2.29. The Morgan fingerprint density at radius 1 is 0.923 bits per heavy atom. The Balaban J connectivity index is 3.92. The normalized spacial score (nSPS) is 17.1. The van der Waals surface area contributed by atoms with E-state index in [1.165, 1.54) is 0 Å². The van der Waals surface area contributed by atoms with Crippen molar-refractivity contribution in [3.63, 3.8) is 0 Å². The molecular weight excluding hydrogens is 247 g/mol. The Kier molecular flexibility index (Phi) is 6.33. The van der Waals surface area contributed by atoms with E-state index in [-0.39, 0.29) is 0 Å². The van der Waals surface area contributed by atoms with E-state index in [1.54, 1.807) is 0 Å².